The van der Waals surface area contributed by atoms with Crippen LogP contribution >= 0.6 is 11.8 Å². The molecule has 0 amide bonds. The van der Waals surface area contributed by atoms with E-state index in [2.05, 4.69) is 221 Å². The van der Waals surface area contributed by atoms with Gasteiger partial charge in [0.25, 0.3) is 0 Å². The SMILES string of the molecule is C1=C(c2cccc3ccccc23)SC2=C(c3ccccc3)N=C(n3c4ccc(-c5cccc6c5c5ccccc5n6-c5ccccc5)cc4c4cc5ccccc5cc43)NC12. The van der Waals surface area contributed by atoms with Gasteiger partial charge in [-0.2, -0.15) is 0 Å². The molecule has 9 aromatic carbocycles. The van der Waals surface area contributed by atoms with E-state index in [1.807, 2.05) is 11.8 Å². The highest BCUT2D eigenvalue weighted by Crippen LogP contribution is 2.49. The Morgan fingerprint density at radius 3 is 1.93 bits per heavy atom. The van der Waals surface area contributed by atoms with Gasteiger partial charge in [-0.15, -0.1) is 0 Å². The lowest BCUT2D eigenvalue weighted by Crippen LogP contribution is -2.40. The van der Waals surface area contributed by atoms with Crippen molar-refractivity contribution >= 4 is 93.5 Å². The summed E-state index contributed by atoms with van der Waals surface area (Å²) in [7, 11) is 0. The van der Waals surface area contributed by atoms with Crippen LogP contribution in [0.25, 0.3) is 92.6 Å². The Kier molecular flexibility index (Phi) is 7.57. The highest BCUT2D eigenvalue weighted by molar-refractivity contribution is 8.12. The van der Waals surface area contributed by atoms with Gasteiger partial charge in [0.1, 0.15) is 0 Å². The molecule has 11 aromatic rings. The number of para-hydroxylation sites is 2. The van der Waals surface area contributed by atoms with Crippen LogP contribution < -0.4 is 5.32 Å². The van der Waals surface area contributed by atoms with Crippen LogP contribution in [0.15, 0.2) is 216 Å². The molecule has 0 radical (unpaired) electrons. The fraction of sp³-hybridized carbons (Fsp3) is 0.0179. The molecule has 1 atom stereocenters. The molecule has 13 rings (SSSR count). The van der Waals surface area contributed by atoms with Gasteiger partial charge >= 0.3 is 0 Å². The number of hydrogen-bond donors (Lipinski definition) is 1. The van der Waals surface area contributed by atoms with Crippen molar-refractivity contribution in [3.05, 3.63) is 222 Å². The zero-order valence-corrected chi connectivity index (χ0v) is 33.8. The summed E-state index contributed by atoms with van der Waals surface area (Å²) in [5.41, 5.74) is 11.5. The largest absolute Gasteiger partial charge is 0.344 e. The Balaban J connectivity index is 1.03. The number of rotatable bonds is 4. The molecule has 1 unspecified atom stereocenters. The van der Waals surface area contributed by atoms with Crippen LogP contribution in [0.4, 0.5) is 0 Å². The normalized spacial score (nSPS) is 15.2. The average molecular weight is 797 g/mol. The predicted octanol–water partition coefficient (Wildman–Crippen LogP) is 14.2. The summed E-state index contributed by atoms with van der Waals surface area (Å²) in [6.07, 6.45) is 2.40. The van der Waals surface area contributed by atoms with Gasteiger partial charge in [-0.05, 0) is 92.8 Å². The summed E-state index contributed by atoms with van der Waals surface area (Å²) < 4.78 is 4.75. The van der Waals surface area contributed by atoms with Crippen molar-refractivity contribution in [3.63, 3.8) is 0 Å². The minimum absolute atomic E-state index is 0.0477. The van der Waals surface area contributed by atoms with Crippen molar-refractivity contribution in [1.82, 2.24) is 14.5 Å². The summed E-state index contributed by atoms with van der Waals surface area (Å²) in [6, 6.07) is 72.5. The summed E-state index contributed by atoms with van der Waals surface area (Å²) in [4.78, 5) is 8.05. The number of aromatic nitrogens is 2. The minimum Gasteiger partial charge on any atom is -0.344 e. The molecule has 0 spiro atoms. The third-order valence-electron chi connectivity index (χ3n) is 12.5. The molecule has 4 nitrogen and oxygen atoms in total. The molecular weight excluding hydrogens is 761 g/mol. The van der Waals surface area contributed by atoms with Crippen LogP contribution in [0.5, 0.6) is 0 Å². The van der Waals surface area contributed by atoms with E-state index < -0.39 is 0 Å². The lowest BCUT2D eigenvalue weighted by molar-refractivity contribution is 0.835. The molecular formula is C56H36N4S. The Morgan fingerprint density at radius 1 is 0.443 bits per heavy atom. The first-order valence-corrected chi connectivity index (χ1v) is 21.6. The second-order valence-electron chi connectivity index (χ2n) is 16.0. The Hall–Kier alpha value is -7.60. The molecule has 0 fully saturated rings. The maximum Gasteiger partial charge on any atom is 0.209 e. The van der Waals surface area contributed by atoms with Gasteiger partial charge in [-0.25, -0.2) is 4.99 Å². The van der Waals surface area contributed by atoms with Crippen molar-refractivity contribution in [2.75, 3.05) is 0 Å². The highest BCUT2D eigenvalue weighted by atomic mass is 32.2. The van der Waals surface area contributed by atoms with Crippen molar-refractivity contribution < 1.29 is 0 Å². The molecule has 286 valence electrons. The quantitative estimate of drug-likeness (QED) is 0.192. The fourth-order valence-corrected chi connectivity index (χ4v) is 11.0. The Morgan fingerprint density at radius 2 is 1.08 bits per heavy atom. The van der Waals surface area contributed by atoms with Crippen LogP contribution in [-0.4, -0.2) is 21.1 Å². The molecule has 5 heteroatoms. The zero-order valence-electron chi connectivity index (χ0n) is 33.0. The molecule has 0 bridgehead atoms. The van der Waals surface area contributed by atoms with E-state index >= 15 is 0 Å². The molecule has 2 aliphatic heterocycles. The first-order chi connectivity index (χ1) is 30.2. The van der Waals surface area contributed by atoms with Gasteiger partial charge in [-0.3, -0.25) is 4.57 Å². The standard InChI is InChI=1S/C56H36N4S/c1-3-16-36(17-4-1)54-55-47(34-52(61-55)43-26-13-20-35-15-9-10-23-41(35)43)57-56(58-54)60-49-30-29-39(32-45(49)46-31-37-18-7-8-19-38(37)33-51(46)60)42-25-14-28-50-53(42)44-24-11-12-27-48(44)59(50)40-21-5-2-6-22-40/h1-34,47H,(H,57,58). The Labute approximate surface area is 356 Å². The molecule has 0 saturated carbocycles. The minimum atomic E-state index is -0.0477. The highest BCUT2D eigenvalue weighted by Gasteiger charge is 2.33. The number of thioether (sulfide) groups is 1. The number of hydrogen-bond acceptors (Lipinski definition) is 3. The number of benzene rings is 9. The summed E-state index contributed by atoms with van der Waals surface area (Å²) in [6.45, 7) is 0. The van der Waals surface area contributed by atoms with Gasteiger partial charge in [0.05, 0.1) is 33.8 Å². The van der Waals surface area contributed by atoms with Gasteiger partial charge in [0.2, 0.25) is 5.96 Å². The second-order valence-corrected chi connectivity index (χ2v) is 17.1. The van der Waals surface area contributed by atoms with Crippen LogP contribution in [0, 0.1) is 0 Å². The molecule has 61 heavy (non-hydrogen) atoms. The van der Waals surface area contributed by atoms with Crippen LogP contribution in [0.3, 0.4) is 0 Å². The van der Waals surface area contributed by atoms with Gasteiger partial charge in [0.15, 0.2) is 0 Å². The number of aliphatic imine (C=N–C) groups is 1. The van der Waals surface area contributed by atoms with E-state index in [0.717, 1.165) is 33.9 Å². The first-order valence-electron chi connectivity index (χ1n) is 20.8. The lowest BCUT2D eigenvalue weighted by Gasteiger charge is -2.25. The second kappa shape index (κ2) is 13.5. The summed E-state index contributed by atoms with van der Waals surface area (Å²) in [5, 5.41) is 13.8. The van der Waals surface area contributed by atoms with Gasteiger partial charge < -0.3 is 9.88 Å². The summed E-state index contributed by atoms with van der Waals surface area (Å²) >= 11 is 1.84. The fourth-order valence-electron chi connectivity index (χ4n) is 9.80. The summed E-state index contributed by atoms with van der Waals surface area (Å²) in [5.74, 6) is 0.819. The number of nitrogens with one attached hydrogen (secondary N) is 1. The van der Waals surface area contributed by atoms with Gasteiger partial charge in [-0.1, -0.05) is 163 Å². The maximum atomic E-state index is 5.59. The van der Waals surface area contributed by atoms with E-state index in [1.54, 1.807) is 0 Å². The smallest absolute Gasteiger partial charge is 0.209 e. The van der Waals surface area contributed by atoms with E-state index in [4.69, 9.17) is 4.99 Å². The van der Waals surface area contributed by atoms with Crippen LogP contribution in [0.2, 0.25) is 0 Å². The molecule has 2 aromatic heterocycles. The molecule has 0 saturated heterocycles. The van der Waals surface area contributed by atoms with E-state index in [9.17, 15) is 0 Å². The van der Waals surface area contributed by atoms with Crippen molar-refractivity contribution in [2.24, 2.45) is 4.99 Å². The zero-order chi connectivity index (χ0) is 40.0. The number of nitrogens with zero attached hydrogens (tertiary/aromatic N) is 3. The molecule has 4 heterocycles. The third-order valence-corrected chi connectivity index (χ3v) is 13.8. The Bertz CT molecular complexity index is 3700. The number of fused-ring (bicyclic) bond motifs is 9. The third kappa shape index (κ3) is 5.30. The van der Waals surface area contributed by atoms with E-state index in [0.29, 0.717) is 0 Å². The monoisotopic (exact) mass is 796 g/mol. The van der Waals surface area contributed by atoms with E-state index in [1.165, 1.54) is 80.6 Å². The maximum absolute atomic E-state index is 5.59. The van der Waals surface area contributed by atoms with Crippen molar-refractivity contribution in [1.29, 1.82) is 0 Å². The molecule has 0 aliphatic carbocycles. The van der Waals surface area contributed by atoms with Crippen molar-refractivity contribution in [2.45, 2.75) is 6.04 Å². The first kappa shape index (κ1) is 34.3. The van der Waals surface area contributed by atoms with Crippen molar-refractivity contribution in [3.8, 4) is 16.8 Å². The lowest BCUT2D eigenvalue weighted by atomic mass is 9.97. The molecule has 1 N–H and O–H groups in total. The average Bonchev–Trinajstić information content (AvgIpc) is 4.01. The van der Waals surface area contributed by atoms with Gasteiger partial charge in [0, 0.05) is 42.6 Å². The topological polar surface area (TPSA) is 34.2 Å². The van der Waals surface area contributed by atoms with Crippen LogP contribution in [0.1, 0.15) is 11.1 Å². The van der Waals surface area contributed by atoms with Crippen LogP contribution in [-0.2, 0) is 0 Å². The van der Waals surface area contributed by atoms with E-state index in [-0.39, 0.29) is 6.04 Å². The molecule has 2 aliphatic rings. The predicted molar refractivity (Wildman–Crippen MR) is 259 cm³/mol.